The number of hydrogen-bond acceptors (Lipinski definition) is 2. The van der Waals surface area contributed by atoms with Crippen LogP contribution in [0.2, 0.25) is 5.02 Å². The van der Waals surface area contributed by atoms with Crippen molar-refractivity contribution in [1.29, 1.82) is 0 Å². The van der Waals surface area contributed by atoms with Gasteiger partial charge in [0.2, 0.25) is 0 Å². The number of urea groups is 1. The molecule has 0 unspecified atom stereocenters. The molecule has 1 atom stereocenters. The summed E-state index contributed by atoms with van der Waals surface area (Å²) in [7, 11) is 0. The van der Waals surface area contributed by atoms with Gasteiger partial charge in [-0.25, -0.2) is 9.18 Å². The number of benzene rings is 2. The summed E-state index contributed by atoms with van der Waals surface area (Å²) in [6.45, 7) is 0. The number of halogens is 6. The average Bonchev–Trinajstić information content (AvgIpc) is 2.63. The molecule has 0 spiro atoms. The SMILES string of the molecule is O=C1C=CN(C(=O)Nc2cc(C(F)(F)F)c(Cl)cc2Br)[C@H](c2ccc(F)cc2)C1. The van der Waals surface area contributed by atoms with Crippen LogP contribution in [0.1, 0.15) is 23.6 Å². The first kappa shape index (κ1) is 21.3. The highest BCUT2D eigenvalue weighted by atomic mass is 79.9. The minimum atomic E-state index is -4.70. The van der Waals surface area contributed by atoms with E-state index < -0.39 is 34.7 Å². The Balaban J connectivity index is 1.91. The molecule has 0 aliphatic carbocycles. The van der Waals surface area contributed by atoms with Crippen molar-refractivity contribution < 1.29 is 27.2 Å². The second-order valence-electron chi connectivity index (χ2n) is 6.20. The zero-order chi connectivity index (χ0) is 21.3. The van der Waals surface area contributed by atoms with E-state index in [-0.39, 0.29) is 22.4 Å². The van der Waals surface area contributed by atoms with Crippen molar-refractivity contribution >= 4 is 45.0 Å². The van der Waals surface area contributed by atoms with E-state index >= 15 is 0 Å². The molecule has 4 nitrogen and oxygen atoms in total. The summed E-state index contributed by atoms with van der Waals surface area (Å²) in [5, 5.41) is 1.87. The number of hydrogen-bond donors (Lipinski definition) is 1. The van der Waals surface area contributed by atoms with Gasteiger partial charge in [0.25, 0.3) is 0 Å². The Morgan fingerprint density at radius 2 is 1.86 bits per heavy atom. The Bertz CT molecular complexity index is 993. The maximum absolute atomic E-state index is 13.2. The van der Waals surface area contributed by atoms with Crippen LogP contribution in [-0.2, 0) is 11.0 Å². The normalized spacial score (nSPS) is 16.8. The third-order valence-corrected chi connectivity index (χ3v) is 5.21. The van der Waals surface area contributed by atoms with Crippen LogP contribution in [0.15, 0.2) is 53.1 Å². The lowest BCUT2D eigenvalue weighted by Gasteiger charge is -2.31. The largest absolute Gasteiger partial charge is 0.417 e. The highest BCUT2D eigenvalue weighted by molar-refractivity contribution is 9.10. The fraction of sp³-hybridized carbons (Fsp3) is 0.158. The Hall–Kier alpha value is -2.39. The first-order valence-electron chi connectivity index (χ1n) is 8.18. The maximum Gasteiger partial charge on any atom is 0.417 e. The van der Waals surface area contributed by atoms with E-state index in [2.05, 4.69) is 21.2 Å². The molecule has 0 fully saturated rings. The number of allylic oxidation sites excluding steroid dienone is 1. The van der Waals surface area contributed by atoms with Crippen molar-refractivity contribution in [3.8, 4) is 0 Å². The second-order valence-corrected chi connectivity index (χ2v) is 7.46. The summed E-state index contributed by atoms with van der Waals surface area (Å²) in [5.41, 5.74) is -0.739. The lowest BCUT2D eigenvalue weighted by molar-refractivity contribution is -0.137. The predicted molar refractivity (Wildman–Crippen MR) is 103 cm³/mol. The number of carbonyl (C=O) groups is 2. The van der Waals surface area contributed by atoms with E-state index in [0.717, 1.165) is 12.1 Å². The van der Waals surface area contributed by atoms with Gasteiger partial charge >= 0.3 is 12.2 Å². The topological polar surface area (TPSA) is 49.4 Å². The van der Waals surface area contributed by atoms with Crippen LogP contribution in [-0.4, -0.2) is 16.7 Å². The standard InChI is InChI=1S/C19H12BrClF4N2O2/c20-14-9-15(21)13(19(23,24)25)8-16(14)26-18(29)27-6-5-12(28)7-17(27)10-1-3-11(22)4-2-10/h1-6,8-9,17H,7H2,(H,26,29)/t17-/m0/s1. The summed E-state index contributed by atoms with van der Waals surface area (Å²) >= 11 is 8.73. The van der Waals surface area contributed by atoms with Crippen molar-refractivity contribution in [1.82, 2.24) is 4.90 Å². The molecule has 1 aliphatic heterocycles. The van der Waals surface area contributed by atoms with E-state index in [1.54, 1.807) is 0 Å². The molecular weight excluding hydrogens is 480 g/mol. The molecule has 1 N–H and O–H groups in total. The van der Waals surface area contributed by atoms with Crippen LogP contribution in [0.3, 0.4) is 0 Å². The van der Waals surface area contributed by atoms with Crippen LogP contribution < -0.4 is 5.32 Å². The number of rotatable bonds is 2. The van der Waals surface area contributed by atoms with Gasteiger partial charge in [0, 0.05) is 17.1 Å². The highest BCUT2D eigenvalue weighted by Gasteiger charge is 2.35. The summed E-state index contributed by atoms with van der Waals surface area (Å²) in [4.78, 5) is 25.8. The highest BCUT2D eigenvalue weighted by Crippen LogP contribution is 2.39. The van der Waals surface area contributed by atoms with Crippen LogP contribution in [0.5, 0.6) is 0 Å². The molecule has 1 aliphatic rings. The maximum atomic E-state index is 13.2. The predicted octanol–water partition coefficient (Wildman–Crippen LogP) is 6.32. The molecule has 3 rings (SSSR count). The average molecular weight is 492 g/mol. The van der Waals surface area contributed by atoms with E-state index in [1.807, 2.05) is 0 Å². The fourth-order valence-corrected chi connectivity index (χ4v) is 3.68. The molecular formula is C19H12BrClF4N2O2. The first-order chi connectivity index (χ1) is 13.6. The van der Waals surface area contributed by atoms with Crippen LogP contribution >= 0.6 is 27.5 Å². The van der Waals surface area contributed by atoms with Gasteiger partial charge in [-0.2, -0.15) is 13.2 Å². The number of nitrogens with zero attached hydrogens (tertiary/aromatic N) is 1. The number of alkyl halides is 3. The molecule has 0 aromatic heterocycles. The summed E-state index contributed by atoms with van der Waals surface area (Å²) < 4.78 is 52.7. The van der Waals surface area contributed by atoms with E-state index in [9.17, 15) is 27.2 Å². The molecule has 152 valence electrons. The Morgan fingerprint density at radius 1 is 1.21 bits per heavy atom. The Labute approximate surface area is 176 Å². The smallest absolute Gasteiger partial charge is 0.306 e. The lowest BCUT2D eigenvalue weighted by Crippen LogP contribution is -2.37. The van der Waals surface area contributed by atoms with Crippen molar-refractivity contribution in [2.75, 3.05) is 5.32 Å². The second kappa shape index (κ2) is 8.16. The zero-order valence-electron chi connectivity index (χ0n) is 14.4. The number of nitrogens with one attached hydrogen (secondary N) is 1. The van der Waals surface area contributed by atoms with E-state index in [0.29, 0.717) is 5.56 Å². The summed E-state index contributed by atoms with van der Waals surface area (Å²) in [6.07, 6.45) is -2.32. The van der Waals surface area contributed by atoms with Crippen molar-refractivity contribution in [2.45, 2.75) is 18.6 Å². The number of amides is 2. The van der Waals surface area contributed by atoms with Crippen LogP contribution in [0, 0.1) is 5.82 Å². The zero-order valence-corrected chi connectivity index (χ0v) is 16.8. The quantitative estimate of drug-likeness (QED) is 0.500. The van der Waals surface area contributed by atoms with Crippen LogP contribution in [0.4, 0.5) is 28.0 Å². The van der Waals surface area contributed by atoms with E-state index in [1.165, 1.54) is 41.4 Å². The minimum Gasteiger partial charge on any atom is -0.306 e. The van der Waals surface area contributed by atoms with Gasteiger partial charge in [0.05, 0.1) is 22.3 Å². The summed E-state index contributed by atoms with van der Waals surface area (Å²) in [6, 6.07) is 5.52. The molecule has 0 saturated heterocycles. The van der Waals surface area contributed by atoms with Gasteiger partial charge < -0.3 is 5.32 Å². The van der Waals surface area contributed by atoms with Crippen molar-refractivity contribution in [2.24, 2.45) is 0 Å². The minimum absolute atomic E-state index is 0.0505. The Morgan fingerprint density at radius 3 is 2.48 bits per heavy atom. The van der Waals surface area contributed by atoms with Gasteiger partial charge in [0.15, 0.2) is 5.78 Å². The van der Waals surface area contributed by atoms with Crippen molar-refractivity contribution in [3.63, 3.8) is 0 Å². The van der Waals surface area contributed by atoms with Gasteiger partial charge in [-0.05, 0) is 51.8 Å². The van der Waals surface area contributed by atoms with Gasteiger partial charge in [0.1, 0.15) is 5.82 Å². The molecule has 10 heteroatoms. The Kier molecular flexibility index (Phi) is 6.00. The molecule has 0 bridgehead atoms. The number of ketones is 1. The molecule has 2 aromatic carbocycles. The first-order valence-corrected chi connectivity index (χ1v) is 9.35. The molecule has 2 amide bonds. The summed E-state index contributed by atoms with van der Waals surface area (Å²) in [5.74, 6) is -0.720. The number of anilines is 1. The molecule has 1 heterocycles. The van der Waals surface area contributed by atoms with E-state index in [4.69, 9.17) is 11.6 Å². The van der Waals surface area contributed by atoms with Gasteiger partial charge in [-0.15, -0.1) is 0 Å². The molecule has 29 heavy (non-hydrogen) atoms. The molecule has 2 aromatic rings. The third kappa shape index (κ3) is 4.79. The number of carbonyl (C=O) groups excluding carboxylic acids is 2. The third-order valence-electron chi connectivity index (χ3n) is 4.24. The van der Waals surface area contributed by atoms with Crippen LogP contribution in [0.25, 0.3) is 0 Å². The van der Waals surface area contributed by atoms with Gasteiger partial charge in [-0.1, -0.05) is 23.7 Å². The fourth-order valence-electron chi connectivity index (χ4n) is 2.84. The molecule has 0 radical (unpaired) electrons. The lowest BCUT2D eigenvalue weighted by atomic mass is 9.97. The van der Waals surface area contributed by atoms with Crippen molar-refractivity contribution in [3.05, 3.63) is 75.1 Å². The molecule has 0 saturated carbocycles. The van der Waals surface area contributed by atoms with Gasteiger partial charge in [-0.3, -0.25) is 9.69 Å². The monoisotopic (exact) mass is 490 g/mol.